The van der Waals surface area contributed by atoms with E-state index in [9.17, 15) is 0 Å². The molecule has 0 amide bonds. The van der Waals surface area contributed by atoms with Gasteiger partial charge in [-0.2, -0.15) is 4.98 Å². The molecule has 3 heterocycles. The van der Waals surface area contributed by atoms with Crippen LogP contribution in [0, 0.1) is 13.8 Å². The van der Waals surface area contributed by atoms with Gasteiger partial charge in [-0.3, -0.25) is 0 Å². The SMILES string of the molecule is Cc1nc(N(C)Cc2cc(-c3ccccc3)no2)c2c(C)noc2n1. The molecule has 0 spiro atoms. The summed E-state index contributed by atoms with van der Waals surface area (Å²) < 4.78 is 10.8. The Balaban J connectivity index is 1.64. The zero-order valence-corrected chi connectivity index (χ0v) is 14.2. The number of hydrogen-bond acceptors (Lipinski definition) is 7. The Labute approximate surface area is 144 Å². The minimum Gasteiger partial charge on any atom is -0.359 e. The lowest BCUT2D eigenvalue weighted by Gasteiger charge is -2.17. The highest BCUT2D eigenvalue weighted by Crippen LogP contribution is 2.27. The van der Waals surface area contributed by atoms with E-state index in [1.54, 1.807) is 0 Å². The van der Waals surface area contributed by atoms with Gasteiger partial charge in [-0.15, -0.1) is 0 Å². The molecule has 4 rings (SSSR count). The van der Waals surface area contributed by atoms with E-state index in [4.69, 9.17) is 9.05 Å². The van der Waals surface area contributed by atoms with Crippen molar-refractivity contribution in [2.75, 3.05) is 11.9 Å². The number of fused-ring (bicyclic) bond motifs is 1. The van der Waals surface area contributed by atoms with E-state index in [-0.39, 0.29) is 0 Å². The molecule has 0 bridgehead atoms. The number of hydrogen-bond donors (Lipinski definition) is 0. The summed E-state index contributed by atoms with van der Waals surface area (Å²) in [6, 6.07) is 11.9. The maximum atomic E-state index is 5.49. The van der Waals surface area contributed by atoms with Gasteiger partial charge in [0.25, 0.3) is 5.71 Å². The molecule has 126 valence electrons. The van der Waals surface area contributed by atoms with Crippen molar-refractivity contribution >= 4 is 16.9 Å². The van der Waals surface area contributed by atoms with Gasteiger partial charge in [-0.25, -0.2) is 4.98 Å². The predicted molar refractivity (Wildman–Crippen MR) is 93.1 cm³/mol. The zero-order valence-electron chi connectivity index (χ0n) is 14.2. The summed E-state index contributed by atoms with van der Waals surface area (Å²) >= 11 is 0. The molecule has 1 aromatic carbocycles. The van der Waals surface area contributed by atoms with Crippen molar-refractivity contribution in [3.05, 3.63) is 53.7 Å². The molecule has 0 radical (unpaired) electrons. The van der Waals surface area contributed by atoms with Crippen molar-refractivity contribution in [3.63, 3.8) is 0 Å². The third-order valence-electron chi connectivity index (χ3n) is 3.98. The van der Waals surface area contributed by atoms with Crippen LogP contribution >= 0.6 is 0 Å². The summed E-state index contributed by atoms with van der Waals surface area (Å²) in [5.74, 6) is 2.15. The molecule has 7 heteroatoms. The molecule has 3 aromatic heterocycles. The van der Waals surface area contributed by atoms with Crippen molar-refractivity contribution in [2.24, 2.45) is 0 Å². The van der Waals surface area contributed by atoms with Gasteiger partial charge in [0, 0.05) is 18.7 Å². The molecule has 0 atom stereocenters. The van der Waals surface area contributed by atoms with Gasteiger partial charge in [0.1, 0.15) is 22.7 Å². The Hall–Kier alpha value is -3.22. The second-order valence-electron chi connectivity index (χ2n) is 5.94. The van der Waals surface area contributed by atoms with Crippen LogP contribution < -0.4 is 4.90 Å². The molecule has 0 aliphatic rings. The standard InChI is InChI=1S/C18H17N5O2/c1-11-16-17(19-12(2)20-18(16)25-21-11)23(3)10-14-9-15(22-24-14)13-7-5-4-6-8-13/h4-9H,10H2,1-3H3. The van der Waals surface area contributed by atoms with E-state index < -0.39 is 0 Å². The lowest BCUT2D eigenvalue weighted by Crippen LogP contribution is -2.18. The first kappa shape index (κ1) is 15.3. The van der Waals surface area contributed by atoms with Gasteiger partial charge >= 0.3 is 0 Å². The second kappa shape index (κ2) is 6.01. The van der Waals surface area contributed by atoms with E-state index in [0.717, 1.165) is 33.9 Å². The van der Waals surface area contributed by atoms with E-state index in [0.29, 0.717) is 18.1 Å². The lowest BCUT2D eigenvalue weighted by atomic mass is 10.1. The summed E-state index contributed by atoms with van der Waals surface area (Å²) in [5.41, 5.74) is 3.10. The highest BCUT2D eigenvalue weighted by molar-refractivity contribution is 5.88. The number of rotatable bonds is 4. The first-order chi connectivity index (χ1) is 12.1. The van der Waals surface area contributed by atoms with Crippen molar-refractivity contribution in [2.45, 2.75) is 20.4 Å². The van der Waals surface area contributed by atoms with Gasteiger partial charge in [0.2, 0.25) is 0 Å². The molecule has 4 aromatic rings. The number of aryl methyl sites for hydroxylation is 2. The topological polar surface area (TPSA) is 81.1 Å². The van der Waals surface area contributed by atoms with Crippen LogP contribution in [0.2, 0.25) is 0 Å². The number of benzene rings is 1. The average molecular weight is 335 g/mol. The Morgan fingerprint density at radius 2 is 1.80 bits per heavy atom. The molecular formula is C18H17N5O2. The summed E-state index contributed by atoms with van der Waals surface area (Å²) in [5, 5.41) is 8.96. The highest BCUT2D eigenvalue weighted by atomic mass is 16.5. The molecule has 0 saturated heterocycles. The van der Waals surface area contributed by atoms with Crippen LogP contribution in [0.3, 0.4) is 0 Å². The predicted octanol–water partition coefficient (Wildman–Crippen LogP) is 3.53. The normalized spacial score (nSPS) is 11.2. The molecule has 0 N–H and O–H groups in total. The Bertz CT molecular complexity index is 1020. The molecule has 0 aliphatic heterocycles. The fraction of sp³-hybridized carbons (Fsp3) is 0.222. The van der Waals surface area contributed by atoms with E-state index in [2.05, 4.69) is 20.3 Å². The third-order valence-corrected chi connectivity index (χ3v) is 3.98. The summed E-state index contributed by atoms with van der Waals surface area (Å²) in [6.45, 7) is 4.23. The van der Waals surface area contributed by atoms with Gasteiger partial charge in [-0.05, 0) is 13.8 Å². The third kappa shape index (κ3) is 2.84. The van der Waals surface area contributed by atoms with Crippen LogP contribution in [0.4, 0.5) is 5.82 Å². The van der Waals surface area contributed by atoms with Crippen molar-refractivity contribution in [3.8, 4) is 11.3 Å². The summed E-state index contributed by atoms with van der Waals surface area (Å²) in [7, 11) is 1.94. The van der Waals surface area contributed by atoms with Gasteiger partial charge < -0.3 is 13.9 Å². The summed E-state index contributed by atoms with van der Waals surface area (Å²) in [4.78, 5) is 10.8. The largest absolute Gasteiger partial charge is 0.359 e. The van der Waals surface area contributed by atoms with Gasteiger partial charge in [0.05, 0.1) is 12.2 Å². The van der Waals surface area contributed by atoms with Crippen LogP contribution in [0.1, 0.15) is 17.3 Å². The molecule has 7 nitrogen and oxygen atoms in total. The first-order valence-corrected chi connectivity index (χ1v) is 7.94. The highest BCUT2D eigenvalue weighted by Gasteiger charge is 2.18. The molecular weight excluding hydrogens is 318 g/mol. The maximum absolute atomic E-state index is 5.49. The lowest BCUT2D eigenvalue weighted by molar-refractivity contribution is 0.385. The molecule has 0 saturated carbocycles. The number of nitrogens with zero attached hydrogens (tertiary/aromatic N) is 5. The smallest absolute Gasteiger partial charge is 0.263 e. The van der Waals surface area contributed by atoms with Crippen molar-refractivity contribution < 1.29 is 9.05 Å². The summed E-state index contributed by atoms with van der Waals surface area (Å²) in [6.07, 6.45) is 0. The fourth-order valence-electron chi connectivity index (χ4n) is 2.79. The van der Waals surface area contributed by atoms with E-state index in [1.165, 1.54) is 0 Å². The van der Waals surface area contributed by atoms with Crippen LogP contribution in [0.5, 0.6) is 0 Å². The minimum absolute atomic E-state index is 0.495. The molecule has 0 aliphatic carbocycles. The Kier molecular flexibility index (Phi) is 3.68. The van der Waals surface area contributed by atoms with Gasteiger partial charge in [0.15, 0.2) is 5.76 Å². The van der Waals surface area contributed by atoms with E-state index in [1.807, 2.05) is 62.2 Å². The first-order valence-electron chi connectivity index (χ1n) is 7.94. The van der Waals surface area contributed by atoms with Crippen molar-refractivity contribution in [1.29, 1.82) is 0 Å². The van der Waals surface area contributed by atoms with E-state index >= 15 is 0 Å². The Morgan fingerprint density at radius 1 is 1.00 bits per heavy atom. The van der Waals surface area contributed by atoms with Crippen molar-refractivity contribution in [1.82, 2.24) is 20.3 Å². The number of anilines is 1. The van der Waals surface area contributed by atoms with Crippen LogP contribution in [-0.2, 0) is 6.54 Å². The van der Waals surface area contributed by atoms with Crippen LogP contribution in [-0.4, -0.2) is 27.3 Å². The maximum Gasteiger partial charge on any atom is 0.263 e. The van der Waals surface area contributed by atoms with Gasteiger partial charge in [-0.1, -0.05) is 40.6 Å². The number of aromatic nitrogens is 4. The Morgan fingerprint density at radius 3 is 2.60 bits per heavy atom. The minimum atomic E-state index is 0.495. The molecule has 0 unspecified atom stereocenters. The molecule has 25 heavy (non-hydrogen) atoms. The molecule has 0 fully saturated rings. The quantitative estimate of drug-likeness (QED) is 0.564. The zero-order chi connectivity index (χ0) is 17.4. The fourth-order valence-corrected chi connectivity index (χ4v) is 2.79. The average Bonchev–Trinajstić information content (AvgIpc) is 3.22. The second-order valence-corrected chi connectivity index (χ2v) is 5.94. The van der Waals surface area contributed by atoms with Crippen LogP contribution in [0.25, 0.3) is 22.4 Å². The van der Waals surface area contributed by atoms with Crippen LogP contribution in [0.15, 0.2) is 45.4 Å². The monoisotopic (exact) mass is 335 g/mol.